The summed E-state index contributed by atoms with van der Waals surface area (Å²) in [5.41, 5.74) is 0.768. The number of aliphatic carboxylic acids is 1. The third-order valence-electron chi connectivity index (χ3n) is 2.09. The van der Waals surface area contributed by atoms with Crippen molar-refractivity contribution in [2.75, 3.05) is 5.75 Å². The van der Waals surface area contributed by atoms with Crippen LogP contribution < -0.4 is 0 Å². The molecule has 1 aromatic carbocycles. The fourth-order valence-electron chi connectivity index (χ4n) is 1.27. The van der Waals surface area contributed by atoms with Gasteiger partial charge in [-0.15, -0.1) is 0 Å². The third-order valence-corrected chi connectivity index (χ3v) is 4.06. The molecule has 0 radical (unpaired) electrons. The third kappa shape index (κ3) is 5.52. The van der Waals surface area contributed by atoms with Crippen LogP contribution in [0.4, 0.5) is 0 Å². The topological polar surface area (TPSA) is 54.4 Å². The van der Waals surface area contributed by atoms with Crippen molar-refractivity contribution in [3.63, 3.8) is 0 Å². The molecule has 1 aromatic rings. The van der Waals surface area contributed by atoms with Crippen LogP contribution >= 0.6 is 23.2 Å². The summed E-state index contributed by atoms with van der Waals surface area (Å²) in [5, 5.41) is 9.48. The molecule has 0 fully saturated rings. The lowest BCUT2D eigenvalue weighted by molar-refractivity contribution is -0.137. The van der Waals surface area contributed by atoms with Gasteiger partial charge in [0.15, 0.2) is 0 Å². The molecule has 3 nitrogen and oxygen atoms in total. The Morgan fingerprint density at radius 1 is 1.35 bits per heavy atom. The van der Waals surface area contributed by atoms with E-state index in [2.05, 4.69) is 0 Å². The van der Waals surface area contributed by atoms with E-state index in [0.29, 0.717) is 28.0 Å². The predicted molar refractivity (Wildman–Crippen MR) is 70.0 cm³/mol. The lowest BCUT2D eigenvalue weighted by Gasteiger charge is -2.04. The molecule has 0 saturated carbocycles. The molecule has 0 aliphatic heterocycles. The number of rotatable bonds is 6. The first-order valence-corrected chi connectivity index (χ1v) is 7.24. The minimum atomic E-state index is -1.10. The molecule has 0 saturated heterocycles. The zero-order valence-corrected chi connectivity index (χ0v) is 11.3. The van der Waals surface area contributed by atoms with Gasteiger partial charge in [-0.1, -0.05) is 29.3 Å². The van der Waals surface area contributed by atoms with Gasteiger partial charge in [-0.05, 0) is 24.1 Å². The fraction of sp³-hybridized carbons (Fsp3) is 0.364. The molecule has 0 amide bonds. The SMILES string of the molecule is O=C(O)CCCS(=O)Cc1ccc(Cl)cc1Cl. The summed E-state index contributed by atoms with van der Waals surface area (Å²) < 4.78 is 11.7. The van der Waals surface area contributed by atoms with Crippen molar-refractivity contribution in [3.05, 3.63) is 33.8 Å². The van der Waals surface area contributed by atoms with Crippen LogP contribution in [-0.4, -0.2) is 21.0 Å². The van der Waals surface area contributed by atoms with Gasteiger partial charge in [0, 0.05) is 38.8 Å². The molecule has 0 spiro atoms. The van der Waals surface area contributed by atoms with Crippen molar-refractivity contribution in [2.45, 2.75) is 18.6 Å². The van der Waals surface area contributed by atoms with Gasteiger partial charge in [-0.3, -0.25) is 9.00 Å². The molecule has 17 heavy (non-hydrogen) atoms. The summed E-state index contributed by atoms with van der Waals surface area (Å²) in [4.78, 5) is 10.3. The van der Waals surface area contributed by atoms with Gasteiger partial charge in [0.1, 0.15) is 0 Å². The van der Waals surface area contributed by atoms with E-state index in [1.165, 1.54) is 0 Å². The van der Waals surface area contributed by atoms with E-state index >= 15 is 0 Å². The second-order valence-electron chi connectivity index (χ2n) is 3.52. The molecule has 0 aromatic heterocycles. The molecule has 0 aliphatic carbocycles. The number of halogens is 2. The van der Waals surface area contributed by atoms with E-state index in [1.54, 1.807) is 18.2 Å². The smallest absolute Gasteiger partial charge is 0.303 e. The average molecular weight is 295 g/mol. The van der Waals surface area contributed by atoms with Gasteiger partial charge >= 0.3 is 5.97 Å². The van der Waals surface area contributed by atoms with Crippen molar-refractivity contribution in [2.24, 2.45) is 0 Å². The normalized spacial score (nSPS) is 12.4. The minimum Gasteiger partial charge on any atom is -0.481 e. The van der Waals surface area contributed by atoms with Crippen LogP contribution in [0.15, 0.2) is 18.2 Å². The highest BCUT2D eigenvalue weighted by Gasteiger charge is 2.07. The van der Waals surface area contributed by atoms with Crippen LogP contribution in [0.25, 0.3) is 0 Å². The summed E-state index contributed by atoms with van der Waals surface area (Å²) in [6.07, 6.45) is 0.452. The zero-order valence-electron chi connectivity index (χ0n) is 8.99. The molecule has 1 atom stereocenters. The Hall–Kier alpha value is -0.580. The highest BCUT2D eigenvalue weighted by molar-refractivity contribution is 7.84. The summed E-state index contributed by atoms with van der Waals surface area (Å²) in [5.74, 6) is -0.174. The highest BCUT2D eigenvalue weighted by atomic mass is 35.5. The first-order chi connectivity index (χ1) is 7.99. The van der Waals surface area contributed by atoms with E-state index in [-0.39, 0.29) is 6.42 Å². The van der Waals surface area contributed by atoms with Gasteiger partial charge in [0.05, 0.1) is 0 Å². The Labute approximate surface area is 112 Å². The Kier molecular flexibility index (Phi) is 5.95. The number of hydrogen-bond donors (Lipinski definition) is 1. The summed E-state index contributed by atoms with van der Waals surface area (Å²) in [6, 6.07) is 5.03. The number of benzene rings is 1. The van der Waals surface area contributed by atoms with Crippen LogP contribution in [-0.2, 0) is 21.3 Å². The van der Waals surface area contributed by atoms with Crippen LogP contribution in [0.1, 0.15) is 18.4 Å². The van der Waals surface area contributed by atoms with Crippen molar-refractivity contribution < 1.29 is 14.1 Å². The maximum Gasteiger partial charge on any atom is 0.303 e. The second-order valence-corrected chi connectivity index (χ2v) is 5.94. The molecule has 0 heterocycles. The standard InChI is InChI=1S/C11H12Cl2O3S/c12-9-4-3-8(10(13)6-9)7-17(16)5-1-2-11(14)15/h3-4,6H,1-2,5,7H2,(H,14,15). The Morgan fingerprint density at radius 2 is 2.06 bits per heavy atom. The molecule has 1 unspecified atom stereocenters. The lowest BCUT2D eigenvalue weighted by atomic mass is 10.2. The van der Waals surface area contributed by atoms with E-state index in [9.17, 15) is 9.00 Å². The Bertz CT molecular complexity index is 435. The van der Waals surface area contributed by atoms with Gasteiger partial charge < -0.3 is 5.11 Å². The first kappa shape index (κ1) is 14.5. The molecule has 0 bridgehead atoms. The van der Waals surface area contributed by atoms with Crippen LogP contribution in [0.2, 0.25) is 10.0 Å². The molecule has 1 N–H and O–H groups in total. The van der Waals surface area contributed by atoms with Crippen LogP contribution in [0.5, 0.6) is 0 Å². The van der Waals surface area contributed by atoms with E-state index in [1.807, 2.05) is 0 Å². The quantitative estimate of drug-likeness (QED) is 0.877. The zero-order chi connectivity index (χ0) is 12.8. The summed E-state index contributed by atoms with van der Waals surface area (Å²) >= 11 is 11.7. The van der Waals surface area contributed by atoms with Crippen LogP contribution in [0.3, 0.4) is 0 Å². The summed E-state index contributed by atoms with van der Waals surface area (Å²) in [6.45, 7) is 0. The monoisotopic (exact) mass is 294 g/mol. The van der Waals surface area contributed by atoms with E-state index in [0.717, 1.165) is 5.56 Å². The maximum atomic E-state index is 11.7. The molecule has 1 rings (SSSR count). The minimum absolute atomic E-state index is 0.0418. The van der Waals surface area contributed by atoms with Crippen molar-refractivity contribution >= 4 is 40.0 Å². The van der Waals surface area contributed by atoms with Gasteiger partial charge in [-0.25, -0.2) is 0 Å². The lowest BCUT2D eigenvalue weighted by Crippen LogP contribution is -2.04. The summed E-state index contributed by atoms with van der Waals surface area (Å²) in [7, 11) is -1.10. The Morgan fingerprint density at radius 3 is 2.65 bits per heavy atom. The largest absolute Gasteiger partial charge is 0.481 e. The number of carboxylic acids is 1. The Balaban J connectivity index is 2.48. The average Bonchev–Trinajstić information content (AvgIpc) is 2.21. The van der Waals surface area contributed by atoms with Crippen molar-refractivity contribution in [1.82, 2.24) is 0 Å². The van der Waals surface area contributed by atoms with Crippen molar-refractivity contribution in [1.29, 1.82) is 0 Å². The van der Waals surface area contributed by atoms with Gasteiger partial charge in [0.25, 0.3) is 0 Å². The number of hydrogen-bond acceptors (Lipinski definition) is 2. The molecule has 0 aliphatic rings. The van der Waals surface area contributed by atoms with Crippen molar-refractivity contribution in [3.8, 4) is 0 Å². The predicted octanol–water partition coefficient (Wildman–Crippen LogP) is 3.11. The fourth-order valence-corrected chi connectivity index (χ4v) is 3.03. The maximum absolute atomic E-state index is 11.7. The highest BCUT2D eigenvalue weighted by Crippen LogP contribution is 2.22. The van der Waals surface area contributed by atoms with E-state index < -0.39 is 16.8 Å². The number of carbonyl (C=O) groups is 1. The molecule has 94 valence electrons. The van der Waals surface area contributed by atoms with Gasteiger partial charge in [-0.2, -0.15) is 0 Å². The first-order valence-electron chi connectivity index (χ1n) is 4.99. The molecular formula is C11H12Cl2O3S. The van der Waals surface area contributed by atoms with E-state index in [4.69, 9.17) is 28.3 Å². The second kappa shape index (κ2) is 6.99. The van der Waals surface area contributed by atoms with Gasteiger partial charge in [0.2, 0.25) is 0 Å². The molecular weight excluding hydrogens is 283 g/mol. The number of carboxylic acid groups (broad SMARTS) is 1. The molecule has 6 heteroatoms. The van der Waals surface area contributed by atoms with Crippen LogP contribution in [0, 0.1) is 0 Å².